The number of nitrogens with zero attached hydrogens (tertiary/aromatic N) is 1. The van der Waals surface area contributed by atoms with Crippen LogP contribution in [0.15, 0.2) is 103 Å². The van der Waals surface area contributed by atoms with Gasteiger partial charge < -0.3 is 4.90 Å². The maximum Gasteiger partial charge on any atom is 0.0462 e. The van der Waals surface area contributed by atoms with Crippen molar-refractivity contribution < 1.29 is 0 Å². The van der Waals surface area contributed by atoms with Gasteiger partial charge in [-0.3, -0.25) is 0 Å². The molecule has 1 heteroatoms. The Labute approximate surface area is 191 Å². The topological polar surface area (TPSA) is 3.24 Å². The van der Waals surface area contributed by atoms with Crippen LogP contribution >= 0.6 is 0 Å². The first kappa shape index (κ1) is 19.4. The van der Waals surface area contributed by atoms with Crippen LogP contribution in [-0.2, 0) is 0 Å². The van der Waals surface area contributed by atoms with E-state index in [1.807, 2.05) is 0 Å². The highest BCUT2D eigenvalue weighted by Gasteiger charge is 2.30. The number of para-hydroxylation sites is 2. The van der Waals surface area contributed by atoms with Crippen LogP contribution in [-0.4, -0.2) is 0 Å². The molecule has 3 aliphatic rings. The van der Waals surface area contributed by atoms with Crippen LogP contribution in [0.1, 0.15) is 55.1 Å². The number of fused-ring (bicyclic) bond motifs is 3. The van der Waals surface area contributed by atoms with Gasteiger partial charge in [-0.15, -0.1) is 0 Å². The molecule has 1 nitrogen and oxygen atoms in total. The van der Waals surface area contributed by atoms with Crippen molar-refractivity contribution in [2.45, 2.75) is 43.9 Å². The third-order valence-electron chi connectivity index (χ3n) is 7.42. The van der Waals surface area contributed by atoms with Gasteiger partial charge in [0.1, 0.15) is 0 Å². The molecule has 2 bridgehead atoms. The summed E-state index contributed by atoms with van der Waals surface area (Å²) < 4.78 is 0. The Morgan fingerprint density at radius 1 is 0.469 bits per heavy atom. The predicted octanol–water partition coefficient (Wildman–Crippen LogP) is 8.97. The van der Waals surface area contributed by atoms with E-state index in [0.717, 1.165) is 11.8 Å². The van der Waals surface area contributed by atoms with E-state index < -0.39 is 0 Å². The summed E-state index contributed by atoms with van der Waals surface area (Å²) in [5, 5.41) is 0. The molecular formula is C31H29N. The molecule has 2 unspecified atom stereocenters. The second-order valence-electron chi connectivity index (χ2n) is 9.30. The van der Waals surface area contributed by atoms with Crippen LogP contribution in [0.5, 0.6) is 0 Å². The van der Waals surface area contributed by atoms with Gasteiger partial charge in [-0.1, -0.05) is 73.2 Å². The number of benzene rings is 4. The lowest BCUT2D eigenvalue weighted by atomic mass is 9.77. The van der Waals surface area contributed by atoms with Crippen LogP contribution in [0, 0.1) is 0 Å². The minimum absolute atomic E-state index is 0.773. The Kier molecular flexibility index (Phi) is 5.03. The highest BCUT2D eigenvalue weighted by Crippen LogP contribution is 2.48. The lowest BCUT2D eigenvalue weighted by Gasteiger charge is -2.28. The van der Waals surface area contributed by atoms with Crippen LogP contribution in [0.3, 0.4) is 0 Å². The third kappa shape index (κ3) is 3.52. The molecule has 2 atom stereocenters. The van der Waals surface area contributed by atoms with Gasteiger partial charge in [0, 0.05) is 17.1 Å². The summed E-state index contributed by atoms with van der Waals surface area (Å²) in [6.07, 6.45) is 6.91. The third-order valence-corrected chi connectivity index (χ3v) is 7.42. The molecule has 1 saturated carbocycles. The summed E-state index contributed by atoms with van der Waals surface area (Å²) in [6.45, 7) is 0. The highest BCUT2D eigenvalue weighted by molar-refractivity contribution is 5.78. The second-order valence-corrected chi connectivity index (χ2v) is 9.30. The SMILES string of the molecule is c1ccc(N(c2ccccc2)c2ccc(-c3ccc4c(c3)C3CCCC4CC3)cc2)cc1. The summed E-state index contributed by atoms with van der Waals surface area (Å²) in [5.74, 6) is 1.57. The minimum atomic E-state index is 0.773. The molecule has 1 fully saturated rings. The van der Waals surface area contributed by atoms with E-state index in [1.54, 1.807) is 11.1 Å². The van der Waals surface area contributed by atoms with Crippen LogP contribution in [0.2, 0.25) is 0 Å². The van der Waals surface area contributed by atoms with Crippen molar-refractivity contribution in [2.24, 2.45) is 0 Å². The fraction of sp³-hybridized carbons (Fsp3) is 0.226. The molecule has 0 radical (unpaired) electrons. The number of anilines is 3. The molecule has 7 rings (SSSR count). The van der Waals surface area contributed by atoms with Crippen molar-refractivity contribution in [3.05, 3.63) is 114 Å². The van der Waals surface area contributed by atoms with Crippen molar-refractivity contribution in [1.29, 1.82) is 0 Å². The Morgan fingerprint density at radius 3 is 1.62 bits per heavy atom. The van der Waals surface area contributed by atoms with E-state index in [4.69, 9.17) is 0 Å². The van der Waals surface area contributed by atoms with E-state index in [0.29, 0.717) is 0 Å². The molecule has 0 N–H and O–H groups in total. The average Bonchev–Trinajstić information content (AvgIpc) is 3.21. The zero-order valence-corrected chi connectivity index (χ0v) is 18.5. The zero-order valence-electron chi connectivity index (χ0n) is 18.5. The van der Waals surface area contributed by atoms with Crippen molar-refractivity contribution in [3.63, 3.8) is 0 Å². The maximum atomic E-state index is 2.50. The van der Waals surface area contributed by atoms with Gasteiger partial charge in [0.15, 0.2) is 0 Å². The van der Waals surface area contributed by atoms with Crippen LogP contribution in [0.25, 0.3) is 11.1 Å². The van der Waals surface area contributed by atoms with Crippen molar-refractivity contribution in [3.8, 4) is 11.1 Å². The number of hydrogen-bond acceptors (Lipinski definition) is 1. The van der Waals surface area contributed by atoms with Crippen molar-refractivity contribution >= 4 is 17.1 Å². The van der Waals surface area contributed by atoms with Crippen molar-refractivity contribution in [2.75, 3.05) is 4.90 Å². The molecule has 0 spiro atoms. The lowest BCUT2D eigenvalue weighted by Crippen LogP contribution is -2.10. The molecule has 3 aliphatic carbocycles. The zero-order chi connectivity index (χ0) is 21.3. The number of hydrogen-bond donors (Lipinski definition) is 0. The summed E-state index contributed by atoms with van der Waals surface area (Å²) in [4.78, 5) is 2.32. The molecular weight excluding hydrogens is 386 g/mol. The Morgan fingerprint density at radius 2 is 1.00 bits per heavy atom. The first-order valence-corrected chi connectivity index (χ1v) is 12.0. The second kappa shape index (κ2) is 8.31. The first-order chi connectivity index (χ1) is 15.9. The van der Waals surface area contributed by atoms with Gasteiger partial charge in [0.05, 0.1) is 0 Å². The van der Waals surface area contributed by atoms with Gasteiger partial charge in [0.2, 0.25) is 0 Å². The summed E-state index contributed by atoms with van der Waals surface area (Å²) in [6, 6.07) is 37.6. The van der Waals surface area contributed by atoms with E-state index in [9.17, 15) is 0 Å². The number of rotatable bonds is 4. The fourth-order valence-electron chi connectivity index (χ4n) is 5.81. The van der Waals surface area contributed by atoms with Gasteiger partial charge in [-0.05, 0) is 96.2 Å². The maximum absolute atomic E-state index is 2.50. The van der Waals surface area contributed by atoms with E-state index in [2.05, 4.69) is 108 Å². The standard InChI is InChI=1S/C31H29N/c1-3-10-27(11-4-1)32(28-12-5-2-6-13-28)29-19-16-23(17-20-29)26-18-21-30-24-8-7-9-25(15-14-24)31(30)22-26/h1-6,10-13,16-22,24-25H,7-9,14-15H2. The van der Waals surface area contributed by atoms with Crippen LogP contribution < -0.4 is 4.90 Å². The molecule has 0 aromatic heterocycles. The molecule has 4 aromatic carbocycles. The molecule has 0 aliphatic heterocycles. The Hall–Kier alpha value is -3.32. The smallest absolute Gasteiger partial charge is 0.0462 e. The molecule has 158 valence electrons. The molecule has 32 heavy (non-hydrogen) atoms. The molecule has 0 heterocycles. The van der Waals surface area contributed by atoms with E-state index in [-0.39, 0.29) is 0 Å². The summed E-state index contributed by atoms with van der Waals surface area (Å²) >= 11 is 0. The van der Waals surface area contributed by atoms with Gasteiger partial charge in [0.25, 0.3) is 0 Å². The lowest BCUT2D eigenvalue weighted by molar-refractivity contribution is 0.527. The van der Waals surface area contributed by atoms with Gasteiger partial charge in [-0.25, -0.2) is 0 Å². The Bertz CT molecular complexity index is 1150. The quantitative estimate of drug-likeness (QED) is 0.321. The summed E-state index contributed by atoms with van der Waals surface area (Å²) in [7, 11) is 0. The highest BCUT2D eigenvalue weighted by atomic mass is 15.1. The van der Waals surface area contributed by atoms with Crippen LogP contribution in [0.4, 0.5) is 17.1 Å². The fourth-order valence-corrected chi connectivity index (χ4v) is 5.81. The predicted molar refractivity (Wildman–Crippen MR) is 135 cm³/mol. The monoisotopic (exact) mass is 415 g/mol. The summed E-state index contributed by atoms with van der Waals surface area (Å²) in [5.41, 5.74) is 9.46. The minimum Gasteiger partial charge on any atom is -0.311 e. The molecule has 0 amide bonds. The van der Waals surface area contributed by atoms with Gasteiger partial charge in [-0.2, -0.15) is 0 Å². The largest absolute Gasteiger partial charge is 0.311 e. The molecule has 0 saturated heterocycles. The normalized spacial score (nSPS) is 19.2. The van der Waals surface area contributed by atoms with Crippen molar-refractivity contribution in [1.82, 2.24) is 0 Å². The van der Waals surface area contributed by atoms with Gasteiger partial charge >= 0.3 is 0 Å². The van der Waals surface area contributed by atoms with E-state index in [1.165, 1.54) is 60.3 Å². The molecule has 4 aromatic rings. The Balaban J connectivity index is 1.36. The first-order valence-electron chi connectivity index (χ1n) is 12.0. The average molecular weight is 416 g/mol. The van der Waals surface area contributed by atoms with E-state index >= 15 is 0 Å².